The molecule has 1 N–H and O–H groups in total. The predicted octanol–water partition coefficient (Wildman–Crippen LogP) is 4.94. The largest absolute Gasteiger partial charge is 0.326 e. The molecule has 3 rings (SSSR count). The molecule has 132 valence electrons. The highest BCUT2D eigenvalue weighted by atomic mass is 16.1. The maximum absolute atomic E-state index is 12.1. The molecule has 1 amide bonds. The standard InChI is InChI=1S/C20H21N5O/c1-15-14-16(2)25(24-15)13-12-20(26)21-17-8-10-19(11-9-17)23-22-18-6-4-3-5-7-18/h3-11,14H,12-13H2,1-2H3,(H,21,26). The van der Waals surface area contributed by atoms with Gasteiger partial charge in [0.05, 0.1) is 17.1 Å². The highest BCUT2D eigenvalue weighted by Gasteiger charge is 2.06. The molecule has 0 aliphatic carbocycles. The molecule has 0 bridgehead atoms. The van der Waals surface area contributed by atoms with Crippen LogP contribution in [0.5, 0.6) is 0 Å². The van der Waals surface area contributed by atoms with E-state index in [1.165, 1.54) is 0 Å². The Hall–Kier alpha value is -3.28. The van der Waals surface area contributed by atoms with Gasteiger partial charge in [0.15, 0.2) is 0 Å². The molecule has 0 aliphatic heterocycles. The monoisotopic (exact) mass is 347 g/mol. The van der Waals surface area contributed by atoms with Crippen molar-refractivity contribution >= 4 is 23.0 Å². The first-order valence-electron chi connectivity index (χ1n) is 8.48. The number of nitrogens with zero attached hydrogens (tertiary/aromatic N) is 4. The molecule has 0 saturated heterocycles. The average molecular weight is 347 g/mol. The number of nitrogens with one attached hydrogen (secondary N) is 1. The Kier molecular flexibility index (Phi) is 5.53. The Morgan fingerprint density at radius 3 is 2.27 bits per heavy atom. The number of carbonyl (C=O) groups excluding carboxylic acids is 1. The first-order chi connectivity index (χ1) is 12.6. The fourth-order valence-electron chi connectivity index (χ4n) is 2.55. The molecular weight excluding hydrogens is 326 g/mol. The molecule has 1 heterocycles. The molecule has 6 heteroatoms. The second kappa shape index (κ2) is 8.20. The molecule has 0 atom stereocenters. The van der Waals surface area contributed by atoms with E-state index in [0.717, 1.165) is 28.5 Å². The maximum atomic E-state index is 12.1. The van der Waals surface area contributed by atoms with Crippen molar-refractivity contribution in [3.8, 4) is 0 Å². The Labute approximate surface area is 152 Å². The molecule has 0 saturated carbocycles. The van der Waals surface area contributed by atoms with Crippen LogP contribution in [-0.4, -0.2) is 15.7 Å². The van der Waals surface area contributed by atoms with Crippen molar-refractivity contribution in [2.24, 2.45) is 10.2 Å². The quantitative estimate of drug-likeness (QED) is 0.641. The molecule has 2 aromatic carbocycles. The van der Waals surface area contributed by atoms with Crippen molar-refractivity contribution in [3.63, 3.8) is 0 Å². The summed E-state index contributed by atoms with van der Waals surface area (Å²) in [6.07, 6.45) is 0.372. The molecule has 0 aliphatic rings. The van der Waals surface area contributed by atoms with Gasteiger partial charge in [0.25, 0.3) is 0 Å². The number of azo groups is 1. The van der Waals surface area contributed by atoms with Crippen molar-refractivity contribution in [2.75, 3.05) is 5.32 Å². The maximum Gasteiger partial charge on any atom is 0.226 e. The second-order valence-corrected chi connectivity index (χ2v) is 6.03. The van der Waals surface area contributed by atoms with Crippen LogP contribution in [0.1, 0.15) is 17.8 Å². The molecule has 0 unspecified atom stereocenters. The minimum absolute atomic E-state index is 0.0452. The lowest BCUT2D eigenvalue weighted by Crippen LogP contribution is -2.15. The SMILES string of the molecule is Cc1cc(C)n(CCC(=O)Nc2ccc(N=Nc3ccccc3)cc2)n1. The minimum Gasteiger partial charge on any atom is -0.326 e. The number of amides is 1. The van der Waals surface area contributed by atoms with Crippen LogP contribution in [0.15, 0.2) is 70.9 Å². The van der Waals surface area contributed by atoms with E-state index in [0.29, 0.717) is 13.0 Å². The van der Waals surface area contributed by atoms with Crippen LogP contribution in [0.25, 0.3) is 0 Å². The topological polar surface area (TPSA) is 71.6 Å². The Bertz CT molecular complexity index is 898. The number of hydrogen-bond acceptors (Lipinski definition) is 4. The van der Waals surface area contributed by atoms with Gasteiger partial charge >= 0.3 is 0 Å². The lowest BCUT2D eigenvalue weighted by molar-refractivity contribution is -0.116. The number of benzene rings is 2. The number of aromatic nitrogens is 2. The lowest BCUT2D eigenvalue weighted by atomic mass is 10.2. The highest BCUT2D eigenvalue weighted by Crippen LogP contribution is 2.20. The number of carbonyl (C=O) groups is 1. The van der Waals surface area contributed by atoms with E-state index in [-0.39, 0.29) is 5.91 Å². The van der Waals surface area contributed by atoms with Crippen molar-refractivity contribution in [3.05, 3.63) is 72.1 Å². The number of anilines is 1. The Morgan fingerprint density at radius 2 is 1.65 bits per heavy atom. The van der Waals surface area contributed by atoms with Crippen LogP contribution in [0, 0.1) is 13.8 Å². The van der Waals surface area contributed by atoms with Crippen LogP contribution >= 0.6 is 0 Å². The fraction of sp³-hybridized carbons (Fsp3) is 0.200. The molecule has 26 heavy (non-hydrogen) atoms. The second-order valence-electron chi connectivity index (χ2n) is 6.03. The first kappa shape index (κ1) is 17.5. The van der Waals surface area contributed by atoms with E-state index in [1.54, 1.807) is 0 Å². The Morgan fingerprint density at radius 1 is 1.00 bits per heavy atom. The van der Waals surface area contributed by atoms with Gasteiger partial charge in [0, 0.05) is 24.3 Å². The molecule has 3 aromatic rings. The lowest BCUT2D eigenvalue weighted by Gasteiger charge is -2.06. The van der Waals surface area contributed by atoms with Crippen molar-refractivity contribution < 1.29 is 4.79 Å². The van der Waals surface area contributed by atoms with E-state index in [9.17, 15) is 4.79 Å². The van der Waals surface area contributed by atoms with Gasteiger partial charge in [-0.05, 0) is 56.3 Å². The summed E-state index contributed by atoms with van der Waals surface area (Å²) < 4.78 is 1.85. The molecule has 0 radical (unpaired) electrons. The highest BCUT2D eigenvalue weighted by molar-refractivity contribution is 5.90. The van der Waals surface area contributed by atoms with Gasteiger partial charge in [0.2, 0.25) is 5.91 Å². The van der Waals surface area contributed by atoms with E-state index in [4.69, 9.17) is 0 Å². The third-order valence-corrected chi connectivity index (χ3v) is 3.84. The minimum atomic E-state index is -0.0452. The van der Waals surface area contributed by atoms with Crippen LogP contribution < -0.4 is 5.32 Å². The van der Waals surface area contributed by atoms with Gasteiger partial charge in [-0.3, -0.25) is 9.48 Å². The summed E-state index contributed by atoms with van der Waals surface area (Å²) in [6, 6.07) is 18.8. The van der Waals surface area contributed by atoms with E-state index in [2.05, 4.69) is 20.6 Å². The van der Waals surface area contributed by atoms with Crippen LogP contribution in [0.2, 0.25) is 0 Å². The zero-order chi connectivity index (χ0) is 18.4. The summed E-state index contributed by atoms with van der Waals surface area (Å²) in [5.74, 6) is -0.0452. The zero-order valence-electron chi connectivity index (χ0n) is 14.9. The van der Waals surface area contributed by atoms with Crippen molar-refractivity contribution in [1.29, 1.82) is 0 Å². The summed E-state index contributed by atoms with van der Waals surface area (Å²) in [6.45, 7) is 4.50. The van der Waals surface area contributed by atoms with Crippen LogP contribution in [0.3, 0.4) is 0 Å². The number of hydrogen-bond donors (Lipinski definition) is 1. The van der Waals surface area contributed by atoms with Gasteiger partial charge in [0.1, 0.15) is 0 Å². The normalized spacial score (nSPS) is 11.0. The summed E-state index contributed by atoms with van der Waals surface area (Å²) >= 11 is 0. The number of aryl methyl sites for hydroxylation is 3. The van der Waals surface area contributed by atoms with Crippen molar-refractivity contribution in [1.82, 2.24) is 9.78 Å². The van der Waals surface area contributed by atoms with Gasteiger partial charge in [-0.1, -0.05) is 18.2 Å². The van der Waals surface area contributed by atoms with Gasteiger partial charge < -0.3 is 5.32 Å². The molecule has 0 spiro atoms. The number of rotatable bonds is 6. The van der Waals surface area contributed by atoms with Crippen molar-refractivity contribution in [2.45, 2.75) is 26.8 Å². The summed E-state index contributed by atoms with van der Waals surface area (Å²) in [4.78, 5) is 12.1. The fourth-order valence-corrected chi connectivity index (χ4v) is 2.55. The van der Waals surface area contributed by atoms with Crippen LogP contribution in [-0.2, 0) is 11.3 Å². The van der Waals surface area contributed by atoms with E-state index >= 15 is 0 Å². The summed E-state index contributed by atoms with van der Waals surface area (Å²) in [7, 11) is 0. The smallest absolute Gasteiger partial charge is 0.226 e. The van der Waals surface area contributed by atoms with E-state index in [1.807, 2.05) is 79.2 Å². The molecule has 0 fully saturated rings. The summed E-state index contributed by atoms with van der Waals surface area (Å²) in [5, 5.41) is 15.6. The molecular formula is C20H21N5O. The molecule has 1 aromatic heterocycles. The third-order valence-electron chi connectivity index (χ3n) is 3.84. The third kappa shape index (κ3) is 4.86. The predicted molar refractivity (Wildman–Crippen MR) is 102 cm³/mol. The Balaban J connectivity index is 1.53. The van der Waals surface area contributed by atoms with Gasteiger partial charge in [-0.25, -0.2) is 0 Å². The van der Waals surface area contributed by atoms with Crippen LogP contribution in [0.4, 0.5) is 17.1 Å². The first-order valence-corrected chi connectivity index (χ1v) is 8.48. The van der Waals surface area contributed by atoms with E-state index < -0.39 is 0 Å². The van der Waals surface area contributed by atoms with Gasteiger partial charge in [-0.15, -0.1) is 0 Å². The average Bonchev–Trinajstić information content (AvgIpc) is 2.97. The zero-order valence-corrected chi connectivity index (χ0v) is 14.9. The van der Waals surface area contributed by atoms with Gasteiger partial charge in [-0.2, -0.15) is 15.3 Å². The molecule has 6 nitrogen and oxygen atoms in total. The summed E-state index contributed by atoms with van der Waals surface area (Å²) in [5.41, 5.74) is 4.29.